The Kier molecular flexibility index (Phi) is 9.77. The Balaban J connectivity index is 0.000000494. The number of amides is 1. The second kappa shape index (κ2) is 13.0. The fourth-order valence-electron chi connectivity index (χ4n) is 4.36. The van der Waals surface area contributed by atoms with Crippen LogP contribution in [0.4, 0.5) is 14.3 Å². The van der Waals surface area contributed by atoms with Crippen LogP contribution in [0.3, 0.4) is 0 Å². The second-order valence-corrected chi connectivity index (χ2v) is 12.3. The zero-order chi connectivity index (χ0) is 27.1. The van der Waals surface area contributed by atoms with E-state index in [0.717, 1.165) is 27.0 Å². The van der Waals surface area contributed by atoms with Gasteiger partial charge in [-0.1, -0.05) is 38.5 Å². The summed E-state index contributed by atoms with van der Waals surface area (Å²) in [5.41, 5.74) is 1.83. The standard InChI is InChI=1S/C22H23AsFN5O2S.C6H12/c1-22(2,3)31-21(30)29-12-10-28(11-13-29)20-27-17(14-4-6-15(24)7-5-14)18(32-20)16-8-9-25-19(23)26-16;1-2-4-6-5-3-1/h4-9H,10-13H2,1-3H3;1-6H2. The Morgan fingerprint density at radius 1 is 0.947 bits per heavy atom. The van der Waals surface area contributed by atoms with Gasteiger partial charge in [0.2, 0.25) is 0 Å². The summed E-state index contributed by atoms with van der Waals surface area (Å²) in [6, 6.07) is 8.16. The van der Waals surface area contributed by atoms with E-state index in [4.69, 9.17) is 9.72 Å². The summed E-state index contributed by atoms with van der Waals surface area (Å²) in [5, 5.41) is 0.842. The van der Waals surface area contributed by atoms with Gasteiger partial charge < -0.3 is 0 Å². The normalized spacial score (nSPS) is 16.0. The number of thiazole rings is 1. The van der Waals surface area contributed by atoms with E-state index < -0.39 is 5.60 Å². The van der Waals surface area contributed by atoms with Crippen LogP contribution in [0.1, 0.15) is 59.3 Å². The fraction of sp³-hybridized carbons (Fsp3) is 0.500. The molecule has 2 aliphatic rings. The van der Waals surface area contributed by atoms with Gasteiger partial charge >= 0.3 is 173 Å². The molecule has 1 aromatic carbocycles. The van der Waals surface area contributed by atoms with Crippen molar-refractivity contribution in [1.82, 2.24) is 19.9 Å². The Bertz CT molecular complexity index is 1190. The van der Waals surface area contributed by atoms with Crippen molar-refractivity contribution in [2.45, 2.75) is 64.9 Å². The van der Waals surface area contributed by atoms with Crippen LogP contribution >= 0.6 is 11.3 Å². The Morgan fingerprint density at radius 3 is 2.11 bits per heavy atom. The van der Waals surface area contributed by atoms with E-state index in [9.17, 15) is 9.18 Å². The molecule has 0 atom stereocenters. The summed E-state index contributed by atoms with van der Waals surface area (Å²) in [4.78, 5) is 30.8. The van der Waals surface area contributed by atoms with Crippen LogP contribution in [0.5, 0.6) is 0 Å². The molecular formula is C28H35AsFN5O2S. The Morgan fingerprint density at radius 2 is 1.55 bits per heavy atom. The molecule has 3 aromatic rings. The molecule has 0 bridgehead atoms. The number of hydrogen-bond acceptors (Lipinski definition) is 7. The molecule has 2 fully saturated rings. The summed E-state index contributed by atoms with van der Waals surface area (Å²) in [6.07, 6.45) is 10.4. The molecule has 38 heavy (non-hydrogen) atoms. The van der Waals surface area contributed by atoms with Crippen LogP contribution in [0.2, 0.25) is 0 Å². The molecule has 1 saturated heterocycles. The van der Waals surface area contributed by atoms with E-state index in [-0.39, 0.29) is 11.9 Å². The molecule has 5 rings (SSSR count). The molecule has 1 aliphatic heterocycles. The minimum absolute atomic E-state index is 0.292. The van der Waals surface area contributed by atoms with Crippen molar-refractivity contribution in [2.24, 2.45) is 0 Å². The first-order chi connectivity index (χ1) is 18.2. The third kappa shape index (κ3) is 8.00. The fourth-order valence-corrected chi connectivity index (χ4v) is 5.84. The summed E-state index contributed by atoms with van der Waals surface area (Å²) >= 11 is 3.88. The molecule has 0 N–H and O–H groups in total. The van der Waals surface area contributed by atoms with Crippen LogP contribution in [0.25, 0.3) is 21.8 Å². The van der Waals surface area contributed by atoms with Gasteiger partial charge in [0, 0.05) is 0 Å². The zero-order valence-corrected chi connectivity index (χ0v) is 25.0. The van der Waals surface area contributed by atoms with Gasteiger partial charge in [0.25, 0.3) is 0 Å². The molecule has 2 radical (unpaired) electrons. The van der Waals surface area contributed by atoms with Crippen molar-refractivity contribution in [3.63, 3.8) is 0 Å². The molecule has 202 valence electrons. The summed E-state index contributed by atoms with van der Waals surface area (Å²) in [6.45, 7) is 8.00. The van der Waals surface area contributed by atoms with Gasteiger partial charge in [0.05, 0.1) is 0 Å². The Labute approximate surface area is 237 Å². The first kappa shape index (κ1) is 28.5. The average Bonchev–Trinajstić information content (AvgIpc) is 3.35. The van der Waals surface area contributed by atoms with E-state index >= 15 is 0 Å². The van der Waals surface area contributed by atoms with Gasteiger partial charge in [0.15, 0.2) is 0 Å². The van der Waals surface area contributed by atoms with E-state index in [1.807, 2.05) is 26.8 Å². The number of anilines is 1. The first-order valence-corrected chi connectivity index (χ1v) is 15.0. The van der Waals surface area contributed by atoms with E-state index in [0.29, 0.717) is 30.8 Å². The number of halogens is 1. The number of nitrogens with zero attached hydrogens (tertiary/aromatic N) is 5. The van der Waals surface area contributed by atoms with Gasteiger partial charge in [-0.3, -0.25) is 0 Å². The molecule has 0 spiro atoms. The van der Waals surface area contributed by atoms with Crippen molar-refractivity contribution in [3.8, 4) is 21.8 Å². The van der Waals surface area contributed by atoms with Crippen LogP contribution in [-0.4, -0.2) is 74.6 Å². The Hall–Kier alpha value is -2.51. The summed E-state index contributed by atoms with van der Waals surface area (Å²) in [5.74, 6) is -0.292. The molecule has 2 aromatic heterocycles. The molecule has 0 unspecified atom stereocenters. The molecule has 1 aliphatic carbocycles. The maximum absolute atomic E-state index is 13.5. The van der Waals surface area contributed by atoms with Crippen molar-refractivity contribution in [1.29, 1.82) is 0 Å². The number of carbonyl (C=O) groups is 1. The zero-order valence-electron chi connectivity index (χ0n) is 22.3. The predicted molar refractivity (Wildman–Crippen MR) is 152 cm³/mol. The van der Waals surface area contributed by atoms with Crippen molar-refractivity contribution in [2.75, 3.05) is 31.1 Å². The van der Waals surface area contributed by atoms with Crippen molar-refractivity contribution >= 4 is 44.0 Å². The van der Waals surface area contributed by atoms with E-state index in [1.54, 1.807) is 23.2 Å². The third-order valence-electron chi connectivity index (χ3n) is 6.31. The van der Waals surface area contributed by atoms with Gasteiger partial charge in [0.1, 0.15) is 5.60 Å². The predicted octanol–water partition coefficient (Wildman–Crippen LogP) is 5.60. The number of aromatic nitrogens is 3. The molecule has 1 saturated carbocycles. The van der Waals surface area contributed by atoms with Gasteiger partial charge in [-0.2, -0.15) is 0 Å². The van der Waals surface area contributed by atoms with Crippen LogP contribution in [-0.2, 0) is 4.74 Å². The second-order valence-electron chi connectivity index (χ2n) is 10.5. The SMILES string of the molecule is C1CCCCC1.CC(C)(C)OC(=O)N1CCN(c2nc(-c3ccc(F)cc3)c(-c3ccnc([As])n3)s2)CC1. The van der Waals surface area contributed by atoms with Gasteiger partial charge in [-0.15, -0.1) is 0 Å². The molecule has 1 amide bonds. The number of ether oxygens (including phenoxy) is 1. The van der Waals surface area contributed by atoms with Crippen LogP contribution in [0, 0.1) is 5.82 Å². The molecular weight excluding hydrogens is 564 g/mol. The van der Waals surface area contributed by atoms with Gasteiger partial charge in [-0.05, 0) is 20.8 Å². The van der Waals surface area contributed by atoms with Crippen LogP contribution < -0.4 is 9.51 Å². The number of carbonyl (C=O) groups excluding carboxylic acids is 1. The number of benzene rings is 1. The van der Waals surface area contributed by atoms with Crippen molar-refractivity contribution < 1.29 is 13.9 Å². The molecule has 10 heteroatoms. The topological polar surface area (TPSA) is 71.5 Å². The number of piperazine rings is 1. The van der Waals surface area contributed by atoms with E-state index in [1.165, 1.54) is 62.0 Å². The number of hydrogen-bond donors (Lipinski definition) is 0. The van der Waals surface area contributed by atoms with E-state index in [2.05, 4.69) is 31.7 Å². The average molecular weight is 600 g/mol. The monoisotopic (exact) mass is 599 g/mol. The minimum atomic E-state index is -0.517. The molecule has 3 heterocycles. The van der Waals surface area contributed by atoms with Crippen molar-refractivity contribution in [3.05, 3.63) is 42.3 Å². The maximum atomic E-state index is 13.5. The molecule has 7 nitrogen and oxygen atoms in total. The number of rotatable bonds is 3. The third-order valence-corrected chi connectivity index (χ3v) is 7.90. The quantitative estimate of drug-likeness (QED) is 0.366. The first-order valence-electron chi connectivity index (χ1n) is 13.2. The van der Waals surface area contributed by atoms with Crippen LogP contribution in [0.15, 0.2) is 36.5 Å². The summed E-state index contributed by atoms with van der Waals surface area (Å²) in [7, 11) is 0. The van der Waals surface area contributed by atoms with Gasteiger partial charge in [-0.25, -0.2) is 0 Å². The summed E-state index contributed by atoms with van der Waals surface area (Å²) < 4.78 is 19.6.